The van der Waals surface area contributed by atoms with E-state index in [4.69, 9.17) is 4.74 Å². The maximum atomic E-state index is 12.9. The molecule has 1 aromatic carbocycles. The van der Waals surface area contributed by atoms with Gasteiger partial charge in [0.1, 0.15) is 12.0 Å². The molecule has 22 heavy (non-hydrogen) atoms. The Morgan fingerprint density at radius 1 is 1.32 bits per heavy atom. The average molecular weight is 301 g/mol. The third-order valence-electron chi connectivity index (χ3n) is 4.56. The summed E-state index contributed by atoms with van der Waals surface area (Å²) >= 11 is 0. The van der Waals surface area contributed by atoms with Crippen LogP contribution in [0.5, 0.6) is 0 Å². The second kappa shape index (κ2) is 4.95. The molecule has 1 spiro atoms. The van der Waals surface area contributed by atoms with E-state index in [0.29, 0.717) is 19.4 Å². The standard InChI is InChI=1S/C17H19NO4/c1-3-22-15(20)13-14(19)17(9-10-17)16(21)18(13,2)11-12-7-5-4-6-8-12/h4-8H,3,9-11H2,1-2H3. The third kappa shape index (κ3) is 1.96. The fraction of sp³-hybridized carbons (Fsp3) is 0.412. The summed E-state index contributed by atoms with van der Waals surface area (Å²) in [6.07, 6.45) is 1.08. The molecule has 5 nitrogen and oxygen atoms in total. The lowest BCUT2D eigenvalue weighted by Gasteiger charge is -2.29. The minimum Gasteiger partial charge on any atom is -0.870 e. The largest absolute Gasteiger partial charge is 0.870 e. The van der Waals surface area contributed by atoms with Gasteiger partial charge in [0.05, 0.1) is 13.7 Å². The third-order valence-corrected chi connectivity index (χ3v) is 4.56. The van der Waals surface area contributed by atoms with Crippen LogP contribution in [-0.4, -0.2) is 30.0 Å². The van der Waals surface area contributed by atoms with Crippen LogP contribution in [0.3, 0.4) is 0 Å². The maximum absolute atomic E-state index is 12.9. The fourth-order valence-electron chi connectivity index (χ4n) is 3.28. The summed E-state index contributed by atoms with van der Waals surface area (Å²) < 4.78 is 4.74. The quantitative estimate of drug-likeness (QED) is 0.617. The van der Waals surface area contributed by atoms with Crippen LogP contribution < -0.4 is 5.11 Å². The highest BCUT2D eigenvalue weighted by molar-refractivity contribution is 5.97. The first-order valence-corrected chi connectivity index (χ1v) is 7.49. The molecule has 1 aliphatic carbocycles. The van der Waals surface area contributed by atoms with Crippen LogP contribution in [0.2, 0.25) is 0 Å². The van der Waals surface area contributed by atoms with Gasteiger partial charge >= 0.3 is 11.9 Å². The molecule has 1 atom stereocenters. The van der Waals surface area contributed by atoms with Crippen molar-refractivity contribution < 1.29 is 23.9 Å². The molecule has 1 fully saturated rings. The van der Waals surface area contributed by atoms with Gasteiger partial charge in [-0.1, -0.05) is 30.3 Å². The van der Waals surface area contributed by atoms with Gasteiger partial charge in [-0.25, -0.2) is 14.1 Å². The Morgan fingerprint density at radius 3 is 2.50 bits per heavy atom. The van der Waals surface area contributed by atoms with Crippen LogP contribution in [0.15, 0.2) is 41.8 Å². The van der Waals surface area contributed by atoms with E-state index in [1.165, 1.54) is 0 Å². The Balaban J connectivity index is 2.04. The zero-order valence-corrected chi connectivity index (χ0v) is 12.8. The Kier molecular flexibility index (Phi) is 3.33. The number of hydrogen-bond donors (Lipinski definition) is 0. The monoisotopic (exact) mass is 301 g/mol. The zero-order chi connectivity index (χ0) is 16.0. The van der Waals surface area contributed by atoms with Crippen LogP contribution in [0.1, 0.15) is 25.3 Å². The van der Waals surface area contributed by atoms with Gasteiger partial charge in [-0.2, -0.15) is 0 Å². The molecule has 1 saturated carbocycles. The van der Waals surface area contributed by atoms with E-state index < -0.39 is 11.4 Å². The Hall–Kier alpha value is -2.14. The minimum absolute atomic E-state index is 0.0202. The number of quaternary nitrogens is 1. The summed E-state index contributed by atoms with van der Waals surface area (Å²) in [6, 6.07) is 9.42. The molecule has 0 saturated heterocycles. The van der Waals surface area contributed by atoms with E-state index in [1.54, 1.807) is 14.0 Å². The summed E-state index contributed by atoms with van der Waals surface area (Å²) in [6.45, 7) is 2.16. The van der Waals surface area contributed by atoms with E-state index in [1.807, 2.05) is 30.3 Å². The molecule has 1 heterocycles. The second-order valence-electron chi connectivity index (χ2n) is 6.12. The number of carbonyl (C=O) groups is 2. The minimum atomic E-state index is -0.967. The van der Waals surface area contributed by atoms with E-state index in [2.05, 4.69) is 0 Å². The number of likely N-dealkylation sites (N-methyl/N-ethyl adjacent to an activating group) is 1. The van der Waals surface area contributed by atoms with Crippen molar-refractivity contribution >= 4 is 11.9 Å². The normalized spacial score (nSPS) is 25.6. The van der Waals surface area contributed by atoms with Crippen molar-refractivity contribution in [3.05, 3.63) is 47.4 Å². The Bertz CT molecular complexity index is 660. The molecule has 5 heteroatoms. The summed E-state index contributed by atoms with van der Waals surface area (Å²) in [5.74, 6) is -1.18. The molecular weight excluding hydrogens is 282 g/mol. The summed E-state index contributed by atoms with van der Waals surface area (Å²) in [7, 11) is 1.65. The Labute approximate surface area is 129 Å². The Morgan fingerprint density at radius 2 is 1.95 bits per heavy atom. The molecule has 1 aliphatic heterocycles. The average Bonchev–Trinajstić information content (AvgIpc) is 3.26. The van der Waals surface area contributed by atoms with E-state index in [9.17, 15) is 14.7 Å². The van der Waals surface area contributed by atoms with Gasteiger partial charge in [0, 0.05) is 5.56 Å². The van der Waals surface area contributed by atoms with Crippen molar-refractivity contribution in [1.29, 1.82) is 0 Å². The number of rotatable bonds is 4. The van der Waals surface area contributed by atoms with Crippen molar-refractivity contribution in [2.24, 2.45) is 5.41 Å². The second-order valence-corrected chi connectivity index (χ2v) is 6.12. The van der Waals surface area contributed by atoms with Crippen LogP contribution >= 0.6 is 0 Å². The first-order chi connectivity index (χ1) is 10.5. The van der Waals surface area contributed by atoms with Crippen molar-refractivity contribution in [3.63, 3.8) is 0 Å². The number of esters is 1. The van der Waals surface area contributed by atoms with Crippen LogP contribution in [0, 0.1) is 5.41 Å². The van der Waals surface area contributed by atoms with Crippen LogP contribution in [0.25, 0.3) is 0 Å². The summed E-state index contributed by atoms with van der Waals surface area (Å²) in [5, 5.41) is 12.6. The molecule has 2 aliphatic rings. The number of hydrogen-bond acceptors (Lipinski definition) is 4. The molecule has 1 aromatic rings. The SMILES string of the molecule is CCOC(=O)C1=C([O-])C2(CC2)C(=O)[N+]1(C)Cc1ccccc1. The van der Waals surface area contributed by atoms with Crippen LogP contribution in [-0.2, 0) is 20.9 Å². The molecule has 0 radical (unpaired) electrons. The first-order valence-electron chi connectivity index (χ1n) is 7.49. The van der Waals surface area contributed by atoms with E-state index in [-0.39, 0.29) is 28.5 Å². The lowest BCUT2D eigenvalue weighted by Crippen LogP contribution is -2.48. The van der Waals surface area contributed by atoms with Gasteiger partial charge in [0.2, 0.25) is 5.70 Å². The molecule has 1 unspecified atom stereocenters. The lowest BCUT2D eigenvalue weighted by atomic mass is 10.1. The topological polar surface area (TPSA) is 66.4 Å². The van der Waals surface area contributed by atoms with Gasteiger partial charge < -0.3 is 9.84 Å². The smallest absolute Gasteiger partial charge is 0.392 e. The first kappa shape index (κ1) is 14.8. The van der Waals surface area contributed by atoms with Gasteiger partial charge in [0.25, 0.3) is 0 Å². The summed E-state index contributed by atoms with van der Waals surface area (Å²) in [5.41, 5.74) is -0.0788. The molecule has 0 bridgehead atoms. The number of nitrogens with zero attached hydrogens (tertiary/aromatic N) is 1. The zero-order valence-electron chi connectivity index (χ0n) is 12.8. The molecule has 3 rings (SSSR count). The predicted molar refractivity (Wildman–Crippen MR) is 76.7 cm³/mol. The van der Waals surface area contributed by atoms with E-state index in [0.717, 1.165) is 5.56 Å². The van der Waals surface area contributed by atoms with Gasteiger partial charge in [-0.05, 0) is 25.5 Å². The molecule has 0 aromatic heterocycles. The lowest BCUT2D eigenvalue weighted by molar-refractivity contribution is -0.804. The van der Waals surface area contributed by atoms with Crippen molar-refractivity contribution in [2.45, 2.75) is 26.3 Å². The summed E-state index contributed by atoms with van der Waals surface area (Å²) in [4.78, 5) is 25.1. The van der Waals surface area contributed by atoms with Gasteiger partial charge in [0.15, 0.2) is 0 Å². The highest BCUT2D eigenvalue weighted by Gasteiger charge is 2.67. The number of ether oxygens (including phenoxy) is 1. The van der Waals surface area contributed by atoms with Gasteiger partial charge in [-0.15, -0.1) is 0 Å². The van der Waals surface area contributed by atoms with Gasteiger partial charge in [-0.3, -0.25) is 0 Å². The molecule has 1 amide bonds. The van der Waals surface area contributed by atoms with Crippen molar-refractivity contribution in [1.82, 2.24) is 0 Å². The molecule has 116 valence electrons. The highest BCUT2D eigenvalue weighted by atomic mass is 16.5. The van der Waals surface area contributed by atoms with Crippen molar-refractivity contribution in [3.8, 4) is 0 Å². The molecular formula is C17H19NO4. The van der Waals surface area contributed by atoms with E-state index >= 15 is 0 Å². The van der Waals surface area contributed by atoms with Crippen LogP contribution in [0.4, 0.5) is 0 Å². The fourth-order valence-corrected chi connectivity index (χ4v) is 3.28. The number of amides is 1. The number of carbonyl (C=O) groups excluding carboxylic acids is 2. The maximum Gasteiger partial charge on any atom is 0.392 e. The predicted octanol–water partition coefficient (Wildman–Crippen LogP) is 1.09. The molecule has 0 N–H and O–H groups in total. The highest BCUT2D eigenvalue weighted by Crippen LogP contribution is 2.58. The van der Waals surface area contributed by atoms with Crippen molar-refractivity contribution in [2.75, 3.05) is 13.7 Å². The number of benzene rings is 1.